The summed E-state index contributed by atoms with van der Waals surface area (Å²) in [6.45, 7) is 2.03. The zero-order chi connectivity index (χ0) is 24.2. The number of halogens is 1. The van der Waals surface area contributed by atoms with Gasteiger partial charge in [-0.15, -0.1) is 5.10 Å². The Labute approximate surface area is 206 Å². The normalized spacial score (nSPS) is 13.4. The molecule has 35 heavy (non-hydrogen) atoms. The number of nitrogens with zero attached hydrogens (tertiary/aromatic N) is 6. The van der Waals surface area contributed by atoms with Gasteiger partial charge in [0, 0.05) is 17.5 Å². The molecule has 6 aromatic rings. The second-order valence-electron chi connectivity index (χ2n) is 8.72. The Balaban J connectivity index is 1.68. The molecule has 1 unspecified atom stereocenters. The summed E-state index contributed by atoms with van der Waals surface area (Å²) in [5, 5.41) is 26.1. The van der Waals surface area contributed by atoms with E-state index in [4.69, 9.17) is 11.6 Å². The number of benzene rings is 3. The van der Waals surface area contributed by atoms with E-state index in [-0.39, 0.29) is 0 Å². The van der Waals surface area contributed by atoms with Crippen LogP contribution in [0, 0.1) is 6.92 Å². The number of hydrogen-bond acceptors (Lipinski definition) is 5. The molecule has 0 aliphatic heterocycles. The van der Waals surface area contributed by atoms with Crippen molar-refractivity contribution in [2.75, 3.05) is 0 Å². The molecule has 7 nitrogen and oxygen atoms in total. The average molecular weight is 481 g/mol. The van der Waals surface area contributed by atoms with Crippen molar-refractivity contribution in [1.82, 2.24) is 29.6 Å². The van der Waals surface area contributed by atoms with Crippen molar-refractivity contribution in [3.05, 3.63) is 113 Å². The number of aryl methyl sites for hydroxylation is 2. The van der Waals surface area contributed by atoms with Crippen LogP contribution in [-0.2, 0) is 12.6 Å². The second-order valence-corrected chi connectivity index (χ2v) is 9.15. The molecule has 0 aliphatic carbocycles. The fourth-order valence-electron chi connectivity index (χ4n) is 4.68. The molecule has 0 amide bonds. The Morgan fingerprint density at radius 3 is 2.49 bits per heavy atom. The van der Waals surface area contributed by atoms with Gasteiger partial charge in [0.2, 0.25) is 0 Å². The summed E-state index contributed by atoms with van der Waals surface area (Å²) in [7, 11) is 1.88. The molecule has 0 aliphatic rings. The predicted octanol–water partition coefficient (Wildman–Crippen LogP) is 4.92. The molecule has 1 N–H and O–H groups in total. The lowest BCUT2D eigenvalue weighted by Crippen LogP contribution is -2.31. The van der Waals surface area contributed by atoms with E-state index in [2.05, 4.69) is 20.5 Å². The second kappa shape index (κ2) is 8.01. The molecule has 1 atom stereocenters. The molecule has 0 fully saturated rings. The van der Waals surface area contributed by atoms with E-state index >= 15 is 0 Å². The van der Waals surface area contributed by atoms with Gasteiger partial charge >= 0.3 is 0 Å². The Morgan fingerprint density at radius 2 is 1.74 bits per heavy atom. The van der Waals surface area contributed by atoms with Crippen LogP contribution in [0.5, 0.6) is 0 Å². The Hall–Kier alpha value is -4.07. The molecule has 3 heterocycles. The average Bonchev–Trinajstić information content (AvgIpc) is 3.52. The summed E-state index contributed by atoms with van der Waals surface area (Å²) in [6, 6.07) is 23.4. The smallest absolute Gasteiger partial charge is 0.180 e. The number of tetrazole rings is 1. The summed E-state index contributed by atoms with van der Waals surface area (Å²) in [6.07, 6.45) is 3.39. The predicted molar refractivity (Wildman–Crippen MR) is 135 cm³/mol. The third kappa shape index (κ3) is 3.39. The first-order valence-corrected chi connectivity index (χ1v) is 11.5. The SMILES string of the molecule is Cc1ccc(C(O)(c2ccc3c(c2)c(-c2cccc(Cl)c2)cc2nnnn23)c2cncn2C)cc1. The van der Waals surface area contributed by atoms with Gasteiger partial charge in [-0.1, -0.05) is 59.6 Å². The number of pyridine rings is 1. The number of fused-ring (bicyclic) bond motifs is 3. The van der Waals surface area contributed by atoms with Crippen molar-refractivity contribution in [1.29, 1.82) is 0 Å². The third-order valence-electron chi connectivity index (χ3n) is 6.49. The Morgan fingerprint density at radius 1 is 0.943 bits per heavy atom. The van der Waals surface area contributed by atoms with E-state index < -0.39 is 5.60 Å². The Bertz CT molecular complexity index is 1700. The zero-order valence-electron chi connectivity index (χ0n) is 19.1. The highest BCUT2D eigenvalue weighted by Crippen LogP contribution is 2.40. The molecular weight excluding hydrogens is 460 g/mol. The van der Waals surface area contributed by atoms with Crippen molar-refractivity contribution in [2.45, 2.75) is 12.5 Å². The molecule has 172 valence electrons. The van der Waals surface area contributed by atoms with Gasteiger partial charge in [-0.3, -0.25) is 0 Å². The first-order chi connectivity index (χ1) is 16.9. The largest absolute Gasteiger partial charge is 0.374 e. The van der Waals surface area contributed by atoms with E-state index in [0.717, 1.165) is 33.2 Å². The molecule has 8 heteroatoms. The van der Waals surface area contributed by atoms with Gasteiger partial charge in [0.15, 0.2) is 11.2 Å². The molecular formula is C27H21ClN6O. The maximum atomic E-state index is 12.4. The van der Waals surface area contributed by atoms with E-state index in [1.165, 1.54) is 0 Å². The zero-order valence-corrected chi connectivity index (χ0v) is 19.8. The standard InChI is InChI=1S/C27H21ClN6O/c1-17-6-8-19(9-7-17)27(35,25-15-29-16-33(25)2)20-10-11-24-23(13-20)22(14-26-30-31-32-34(24)26)18-4-3-5-21(28)12-18/h3-16,35H,1-2H3. The van der Waals surface area contributed by atoms with Gasteiger partial charge in [0.05, 0.1) is 23.7 Å². The summed E-state index contributed by atoms with van der Waals surface area (Å²) < 4.78 is 3.54. The summed E-state index contributed by atoms with van der Waals surface area (Å²) >= 11 is 6.33. The van der Waals surface area contributed by atoms with Gasteiger partial charge in [-0.25, -0.2) is 4.98 Å². The lowest BCUT2D eigenvalue weighted by molar-refractivity contribution is 0.117. The number of rotatable bonds is 4. The van der Waals surface area contributed by atoms with Crippen LogP contribution in [0.3, 0.4) is 0 Å². The van der Waals surface area contributed by atoms with Gasteiger partial charge < -0.3 is 9.67 Å². The third-order valence-corrected chi connectivity index (χ3v) is 6.73. The van der Waals surface area contributed by atoms with Crippen LogP contribution in [0.1, 0.15) is 22.4 Å². The van der Waals surface area contributed by atoms with Crippen LogP contribution in [0.2, 0.25) is 5.02 Å². The Kier molecular flexibility index (Phi) is 4.91. The summed E-state index contributed by atoms with van der Waals surface area (Å²) in [4.78, 5) is 4.29. The highest BCUT2D eigenvalue weighted by atomic mass is 35.5. The van der Waals surface area contributed by atoms with E-state index in [1.807, 2.05) is 91.3 Å². The van der Waals surface area contributed by atoms with Crippen molar-refractivity contribution in [3.8, 4) is 11.1 Å². The maximum Gasteiger partial charge on any atom is 0.180 e. The monoisotopic (exact) mass is 480 g/mol. The van der Waals surface area contributed by atoms with Crippen LogP contribution < -0.4 is 0 Å². The maximum absolute atomic E-state index is 12.4. The van der Waals surface area contributed by atoms with Crippen LogP contribution in [0.25, 0.3) is 27.7 Å². The summed E-state index contributed by atoms with van der Waals surface area (Å²) in [5.41, 5.74) is 5.09. The lowest BCUT2D eigenvalue weighted by atomic mass is 9.82. The van der Waals surface area contributed by atoms with Crippen molar-refractivity contribution >= 4 is 28.2 Å². The molecule has 0 saturated heterocycles. The molecule has 0 saturated carbocycles. The van der Waals surface area contributed by atoms with Gasteiger partial charge in [-0.05, 0) is 69.9 Å². The van der Waals surface area contributed by atoms with Crippen LogP contribution in [-0.4, -0.2) is 34.7 Å². The molecule has 0 bridgehead atoms. The van der Waals surface area contributed by atoms with E-state index in [1.54, 1.807) is 17.0 Å². The quantitative estimate of drug-likeness (QED) is 0.387. The minimum absolute atomic E-state index is 0.626. The van der Waals surface area contributed by atoms with Crippen LogP contribution in [0.15, 0.2) is 85.3 Å². The molecule has 0 spiro atoms. The van der Waals surface area contributed by atoms with Crippen LogP contribution in [0.4, 0.5) is 0 Å². The number of aromatic nitrogens is 6. The van der Waals surface area contributed by atoms with Crippen molar-refractivity contribution in [3.63, 3.8) is 0 Å². The lowest BCUT2D eigenvalue weighted by Gasteiger charge is -2.30. The minimum atomic E-state index is -1.44. The fraction of sp³-hybridized carbons (Fsp3) is 0.111. The number of imidazole rings is 1. The topological polar surface area (TPSA) is 81.1 Å². The van der Waals surface area contributed by atoms with E-state index in [0.29, 0.717) is 21.9 Å². The number of aliphatic hydroxyl groups is 1. The fourth-order valence-corrected chi connectivity index (χ4v) is 4.87. The minimum Gasteiger partial charge on any atom is -0.374 e. The molecule has 6 rings (SSSR count). The highest BCUT2D eigenvalue weighted by Gasteiger charge is 2.37. The first-order valence-electron chi connectivity index (χ1n) is 11.1. The van der Waals surface area contributed by atoms with Gasteiger partial charge in [0.1, 0.15) is 0 Å². The molecule has 3 aromatic carbocycles. The highest BCUT2D eigenvalue weighted by molar-refractivity contribution is 6.30. The molecule has 3 aromatic heterocycles. The van der Waals surface area contributed by atoms with Gasteiger partial charge in [-0.2, -0.15) is 4.52 Å². The number of hydrogen-bond donors (Lipinski definition) is 1. The van der Waals surface area contributed by atoms with Gasteiger partial charge in [0.25, 0.3) is 0 Å². The first kappa shape index (κ1) is 21.5. The van der Waals surface area contributed by atoms with Crippen molar-refractivity contribution in [2.24, 2.45) is 7.05 Å². The molecule has 0 radical (unpaired) electrons. The summed E-state index contributed by atoms with van der Waals surface area (Å²) in [5.74, 6) is 0. The van der Waals surface area contributed by atoms with E-state index in [9.17, 15) is 5.11 Å². The van der Waals surface area contributed by atoms with Crippen LogP contribution >= 0.6 is 11.6 Å². The van der Waals surface area contributed by atoms with Crippen molar-refractivity contribution < 1.29 is 5.11 Å².